The maximum Gasteiger partial charge on any atom is 0.223 e. The van der Waals surface area contributed by atoms with E-state index in [2.05, 4.69) is 27.8 Å². The number of methoxy groups -OCH3 is 2. The number of hydrogen-bond donors (Lipinski definition) is 0. The fourth-order valence-electron chi connectivity index (χ4n) is 5.04. The van der Waals surface area contributed by atoms with Gasteiger partial charge in [0.2, 0.25) is 5.91 Å². The standard InChI is InChI=1S/C28H29N3O3/c1-30-27(19-8-5-4-6-9-19)22(23-10-7-14-29-28(23)30)11-12-26(32)31-15-13-20-16-24(33-2)25(34-3)17-21(20)18-31/h4-10,14,16-17H,11-13,15,18H2,1-3H3. The molecule has 34 heavy (non-hydrogen) atoms. The minimum Gasteiger partial charge on any atom is -0.493 e. The lowest BCUT2D eigenvalue weighted by Gasteiger charge is -2.29. The third-order valence-electron chi connectivity index (χ3n) is 6.76. The van der Waals surface area contributed by atoms with Gasteiger partial charge in [-0.25, -0.2) is 4.98 Å². The molecule has 1 aliphatic heterocycles. The van der Waals surface area contributed by atoms with Gasteiger partial charge in [-0.3, -0.25) is 4.79 Å². The number of benzene rings is 2. The number of rotatable bonds is 6. The molecule has 0 spiro atoms. The number of amides is 1. The second-order valence-electron chi connectivity index (χ2n) is 8.67. The van der Waals surface area contributed by atoms with Gasteiger partial charge in [-0.1, -0.05) is 30.3 Å². The number of nitrogens with zero attached hydrogens (tertiary/aromatic N) is 3. The van der Waals surface area contributed by atoms with Crippen LogP contribution in [0.4, 0.5) is 0 Å². The SMILES string of the molecule is COc1cc2c(cc1OC)CN(C(=O)CCc1c(-c3ccccc3)n(C)c3ncccc13)CC2. The van der Waals surface area contributed by atoms with Crippen LogP contribution in [-0.4, -0.2) is 41.1 Å². The fourth-order valence-corrected chi connectivity index (χ4v) is 5.04. The molecule has 1 amide bonds. The fraction of sp³-hybridized carbons (Fsp3) is 0.286. The molecule has 2 aromatic carbocycles. The molecule has 174 valence electrons. The van der Waals surface area contributed by atoms with Crippen molar-refractivity contribution in [3.05, 3.63) is 77.5 Å². The van der Waals surface area contributed by atoms with Crippen molar-refractivity contribution in [2.45, 2.75) is 25.8 Å². The molecule has 0 atom stereocenters. The molecule has 0 fully saturated rings. The molecule has 5 rings (SSSR count). The van der Waals surface area contributed by atoms with Crippen LogP contribution in [0.1, 0.15) is 23.1 Å². The maximum atomic E-state index is 13.3. The van der Waals surface area contributed by atoms with Crippen LogP contribution in [0.15, 0.2) is 60.8 Å². The van der Waals surface area contributed by atoms with Crippen LogP contribution in [0.2, 0.25) is 0 Å². The summed E-state index contributed by atoms with van der Waals surface area (Å²) in [5.41, 5.74) is 6.72. The molecule has 0 bridgehead atoms. The van der Waals surface area contributed by atoms with Gasteiger partial charge in [0.25, 0.3) is 0 Å². The van der Waals surface area contributed by atoms with Gasteiger partial charge in [-0.05, 0) is 59.4 Å². The Bertz CT molecular complexity index is 1340. The summed E-state index contributed by atoms with van der Waals surface area (Å²) >= 11 is 0. The summed E-state index contributed by atoms with van der Waals surface area (Å²) in [4.78, 5) is 19.9. The highest BCUT2D eigenvalue weighted by atomic mass is 16.5. The highest BCUT2D eigenvalue weighted by Crippen LogP contribution is 2.35. The van der Waals surface area contributed by atoms with Gasteiger partial charge in [0.1, 0.15) is 5.65 Å². The monoisotopic (exact) mass is 455 g/mol. The lowest BCUT2D eigenvalue weighted by atomic mass is 9.97. The van der Waals surface area contributed by atoms with Crippen LogP contribution in [0.5, 0.6) is 11.5 Å². The van der Waals surface area contributed by atoms with Crippen LogP contribution >= 0.6 is 0 Å². The van der Waals surface area contributed by atoms with E-state index in [-0.39, 0.29) is 5.91 Å². The minimum absolute atomic E-state index is 0.167. The molecule has 1 aliphatic rings. The Morgan fingerprint density at radius 1 is 1.00 bits per heavy atom. The first-order chi connectivity index (χ1) is 16.6. The molecule has 0 radical (unpaired) electrons. The average Bonchev–Trinajstić information content (AvgIpc) is 3.18. The Morgan fingerprint density at radius 3 is 2.47 bits per heavy atom. The zero-order chi connectivity index (χ0) is 23.7. The normalized spacial score (nSPS) is 13.1. The second kappa shape index (κ2) is 9.21. The molecule has 0 N–H and O–H groups in total. The van der Waals surface area contributed by atoms with Crippen LogP contribution in [0, 0.1) is 0 Å². The predicted molar refractivity (Wildman–Crippen MR) is 133 cm³/mol. The number of aromatic nitrogens is 2. The Morgan fingerprint density at radius 2 is 1.74 bits per heavy atom. The summed E-state index contributed by atoms with van der Waals surface area (Å²) in [6, 6.07) is 18.4. The van der Waals surface area contributed by atoms with Crippen LogP contribution in [-0.2, 0) is 31.2 Å². The van der Waals surface area contributed by atoms with Crippen molar-refractivity contribution in [3.8, 4) is 22.8 Å². The topological polar surface area (TPSA) is 56.6 Å². The van der Waals surface area contributed by atoms with E-state index >= 15 is 0 Å². The van der Waals surface area contributed by atoms with Gasteiger partial charge < -0.3 is 18.9 Å². The first-order valence-electron chi connectivity index (χ1n) is 11.6. The minimum atomic E-state index is 0.167. The lowest BCUT2D eigenvalue weighted by Crippen LogP contribution is -2.36. The Labute approximate surface area is 199 Å². The first-order valence-corrected chi connectivity index (χ1v) is 11.6. The molecule has 0 saturated carbocycles. The Kier molecular flexibility index (Phi) is 5.97. The highest BCUT2D eigenvalue weighted by molar-refractivity contribution is 5.90. The van der Waals surface area contributed by atoms with Crippen molar-refractivity contribution in [1.29, 1.82) is 0 Å². The van der Waals surface area contributed by atoms with E-state index in [0.29, 0.717) is 31.7 Å². The number of pyridine rings is 1. The van der Waals surface area contributed by atoms with Crippen molar-refractivity contribution in [1.82, 2.24) is 14.5 Å². The number of carbonyl (C=O) groups excluding carboxylic acids is 1. The summed E-state index contributed by atoms with van der Waals surface area (Å²) in [6.07, 6.45) is 3.76. The molecule has 0 saturated heterocycles. The van der Waals surface area contributed by atoms with Crippen molar-refractivity contribution in [2.75, 3.05) is 20.8 Å². The first kappa shape index (κ1) is 22.0. The zero-order valence-corrected chi connectivity index (χ0v) is 19.9. The van der Waals surface area contributed by atoms with Gasteiger partial charge in [-0.2, -0.15) is 0 Å². The molecule has 2 aromatic heterocycles. The quantitative estimate of drug-likeness (QED) is 0.420. The van der Waals surface area contributed by atoms with E-state index in [1.165, 1.54) is 11.1 Å². The lowest BCUT2D eigenvalue weighted by molar-refractivity contribution is -0.132. The van der Waals surface area contributed by atoms with Crippen LogP contribution in [0.25, 0.3) is 22.3 Å². The van der Waals surface area contributed by atoms with Crippen LogP contribution < -0.4 is 9.47 Å². The summed E-state index contributed by atoms with van der Waals surface area (Å²) in [6.45, 7) is 1.31. The summed E-state index contributed by atoms with van der Waals surface area (Å²) in [7, 11) is 5.33. The van der Waals surface area contributed by atoms with E-state index in [1.54, 1.807) is 14.2 Å². The Balaban J connectivity index is 1.39. The predicted octanol–water partition coefficient (Wildman–Crippen LogP) is 4.78. The molecule has 0 aliphatic carbocycles. The molecule has 6 nitrogen and oxygen atoms in total. The van der Waals surface area contributed by atoms with E-state index in [4.69, 9.17) is 9.47 Å². The molecule has 3 heterocycles. The van der Waals surface area contributed by atoms with Crippen molar-refractivity contribution in [3.63, 3.8) is 0 Å². The molecular weight excluding hydrogens is 426 g/mol. The third-order valence-corrected chi connectivity index (χ3v) is 6.76. The number of ether oxygens (including phenoxy) is 2. The zero-order valence-electron chi connectivity index (χ0n) is 19.9. The van der Waals surface area contributed by atoms with E-state index < -0.39 is 0 Å². The van der Waals surface area contributed by atoms with Crippen molar-refractivity contribution >= 4 is 16.9 Å². The molecule has 0 unspecified atom stereocenters. The third kappa shape index (κ3) is 3.89. The number of carbonyl (C=O) groups is 1. The highest BCUT2D eigenvalue weighted by Gasteiger charge is 2.24. The van der Waals surface area contributed by atoms with Gasteiger partial charge in [0, 0.05) is 38.1 Å². The molecular formula is C28H29N3O3. The molecule has 6 heteroatoms. The van der Waals surface area contributed by atoms with Crippen LogP contribution in [0.3, 0.4) is 0 Å². The largest absolute Gasteiger partial charge is 0.493 e. The number of hydrogen-bond acceptors (Lipinski definition) is 4. The van der Waals surface area contributed by atoms with Gasteiger partial charge in [0.15, 0.2) is 11.5 Å². The maximum absolute atomic E-state index is 13.3. The van der Waals surface area contributed by atoms with E-state index in [1.807, 2.05) is 54.5 Å². The van der Waals surface area contributed by atoms with Crippen molar-refractivity contribution < 1.29 is 14.3 Å². The average molecular weight is 456 g/mol. The van der Waals surface area contributed by atoms with Gasteiger partial charge in [0.05, 0.1) is 19.9 Å². The van der Waals surface area contributed by atoms with Gasteiger partial charge >= 0.3 is 0 Å². The summed E-state index contributed by atoms with van der Waals surface area (Å²) < 4.78 is 13.0. The molecule has 4 aromatic rings. The van der Waals surface area contributed by atoms with E-state index in [9.17, 15) is 4.79 Å². The summed E-state index contributed by atoms with van der Waals surface area (Å²) in [5.74, 6) is 1.60. The van der Waals surface area contributed by atoms with Crippen molar-refractivity contribution in [2.24, 2.45) is 7.05 Å². The smallest absolute Gasteiger partial charge is 0.223 e. The Hall–Kier alpha value is -3.80. The number of aryl methyl sites for hydroxylation is 2. The second-order valence-corrected chi connectivity index (χ2v) is 8.67. The number of fused-ring (bicyclic) bond motifs is 2. The van der Waals surface area contributed by atoms with E-state index in [0.717, 1.165) is 40.0 Å². The summed E-state index contributed by atoms with van der Waals surface area (Å²) in [5, 5.41) is 1.11. The van der Waals surface area contributed by atoms with Gasteiger partial charge in [-0.15, -0.1) is 0 Å².